The fourth-order valence-electron chi connectivity index (χ4n) is 4.01. The number of ether oxygens (including phenoxy) is 2. The first-order chi connectivity index (χ1) is 16.4. The molecule has 0 unspecified atom stereocenters. The van der Waals surface area contributed by atoms with Crippen molar-refractivity contribution >= 4 is 29.2 Å². The average molecular weight is 500 g/mol. The molecule has 34 heavy (non-hydrogen) atoms. The summed E-state index contributed by atoms with van der Waals surface area (Å²) in [5.41, 5.74) is 3.75. The molecule has 2 aromatic carbocycles. The third-order valence-electron chi connectivity index (χ3n) is 6.15. The van der Waals surface area contributed by atoms with Gasteiger partial charge >= 0.3 is 5.97 Å². The lowest BCUT2D eigenvalue weighted by Crippen LogP contribution is -2.28. The first-order valence-electron chi connectivity index (χ1n) is 11.4. The third kappa shape index (κ3) is 5.31. The van der Waals surface area contributed by atoms with Gasteiger partial charge in [0.1, 0.15) is 17.4 Å². The molecule has 1 aromatic heterocycles. The lowest BCUT2D eigenvalue weighted by atomic mass is 10.1. The minimum absolute atomic E-state index is 0.166. The molecule has 1 aliphatic carbocycles. The second-order valence-electron chi connectivity index (χ2n) is 8.45. The Hall–Kier alpha value is -2.76. The van der Waals surface area contributed by atoms with Crippen molar-refractivity contribution in [3.8, 4) is 5.75 Å². The van der Waals surface area contributed by atoms with Crippen molar-refractivity contribution in [1.29, 1.82) is 0 Å². The van der Waals surface area contributed by atoms with Crippen LogP contribution in [-0.4, -0.2) is 17.6 Å². The first kappa shape index (κ1) is 24.4. The largest absolute Gasteiger partial charge is 0.487 e. The summed E-state index contributed by atoms with van der Waals surface area (Å²) in [5.74, 6) is 0.578. The quantitative estimate of drug-likeness (QED) is 0.328. The normalized spacial score (nSPS) is 13.1. The van der Waals surface area contributed by atoms with Crippen molar-refractivity contribution in [1.82, 2.24) is 4.57 Å². The molecule has 7 heteroatoms. The lowest BCUT2D eigenvalue weighted by Gasteiger charge is -2.19. The summed E-state index contributed by atoms with van der Waals surface area (Å²) in [6, 6.07) is 15.0. The van der Waals surface area contributed by atoms with Crippen LogP contribution < -0.4 is 10.3 Å². The van der Waals surface area contributed by atoms with Crippen LogP contribution in [0.4, 0.5) is 0 Å². The molecule has 178 valence electrons. The third-order valence-corrected chi connectivity index (χ3v) is 6.94. The Labute approximate surface area is 209 Å². The van der Waals surface area contributed by atoms with Crippen molar-refractivity contribution in [2.75, 3.05) is 7.11 Å². The number of pyridine rings is 1. The second kappa shape index (κ2) is 10.7. The van der Waals surface area contributed by atoms with Crippen LogP contribution in [0.1, 0.15) is 58.4 Å². The van der Waals surface area contributed by atoms with Gasteiger partial charge in [-0.15, -0.1) is 0 Å². The van der Waals surface area contributed by atoms with Crippen LogP contribution in [0.2, 0.25) is 10.0 Å². The fourth-order valence-corrected chi connectivity index (χ4v) is 4.81. The monoisotopic (exact) mass is 499 g/mol. The number of aromatic nitrogens is 1. The number of methoxy groups -OCH3 is 1. The highest BCUT2D eigenvalue weighted by atomic mass is 35.5. The van der Waals surface area contributed by atoms with Gasteiger partial charge in [0, 0.05) is 6.54 Å². The zero-order valence-electron chi connectivity index (χ0n) is 19.3. The van der Waals surface area contributed by atoms with Crippen LogP contribution >= 0.6 is 23.2 Å². The van der Waals surface area contributed by atoms with Crippen molar-refractivity contribution in [3.05, 3.63) is 96.9 Å². The van der Waals surface area contributed by atoms with Crippen LogP contribution in [0, 0.1) is 0 Å². The number of esters is 1. The Morgan fingerprint density at radius 2 is 1.79 bits per heavy atom. The van der Waals surface area contributed by atoms with Gasteiger partial charge in [0.25, 0.3) is 5.56 Å². The van der Waals surface area contributed by atoms with Crippen LogP contribution in [0.15, 0.2) is 53.3 Å². The maximum atomic E-state index is 13.3. The van der Waals surface area contributed by atoms with Gasteiger partial charge in [-0.05, 0) is 72.6 Å². The van der Waals surface area contributed by atoms with Gasteiger partial charge in [-0.25, -0.2) is 4.79 Å². The molecule has 1 heterocycles. The smallest absolute Gasteiger partial charge is 0.337 e. The standard InChI is InChI=1S/C27H27Cl2NO4/c1-3-17-5-4-6-21(15-17)34-16-22-24(28)23(19-11-12-19)25(29)26(31)30(22)14-13-18-7-9-20(10-8-18)27(32)33-2/h4-10,15,19H,3,11-14,16H2,1-2H3. The fraction of sp³-hybridized carbons (Fsp3) is 0.333. The van der Waals surface area contributed by atoms with Crippen LogP contribution in [0.3, 0.4) is 0 Å². The molecule has 0 N–H and O–H groups in total. The molecule has 3 aromatic rings. The summed E-state index contributed by atoms with van der Waals surface area (Å²) in [6.07, 6.45) is 3.43. The molecule has 0 spiro atoms. The van der Waals surface area contributed by atoms with E-state index in [2.05, 4.69) is 13.0 Å². The average Bonchev–Trinajstić information content (AvgIpc) is 3.70. The predicted molar refractivity (Wildman–Crippen MR) is 134 cm³/mol. The van der Waals surface area contributed by atoms with E-state index < -0.39 is 0 Å². The Balaban J connectivity index is 1.62. The van der Waals surface area contributed by atoms with E-state index >= 15 is 0 Å². The second-order valence-corrected chi connectivity index (χ2v) is 9.20. The zero-order chi connectivity index (χ0) is 24.2. The molecule has 4 rings (SSSR count). The maximum Gasteiger partial charge on any atom is 0.337 e. The molecule has 0 atom stereocenters. The van der Waals surface area contributed by atoms with E-state index in [4.69, 9.17) is 32.7 Å². The first-order valence-corrected chi connectivity index (χ1v) is 12.2. The number of carbonyl (C=O) groups excluding carboxylic acids is 1. The van der Waals surface area contributed by atoms with Crippen LogP contribution in [0.5, 0.6) is 5.75 Å². The molecular formula is C27H27Cl2NO4. The molecule has 0 bridgehead atoms. The summed E-state index contributed by atoms with van der Waals surface area (Å²) in [5, 5.41) is 0.713. The number of benzene rings is 2. The van der Waals surface area contributed by atoms with E-state index in [9.17, 15) is 9.59 Å². The topological polar surface area (TPSA) is 57.5 Å². The van der Waals surface area contributed by atoms with Gasteiger partial charge in [-0.2, -0.15) is 0 Å². The minimum atomic E-state index is -0.386. The summed E-state index contributed by atoms with van der Waals surface area (Å²) < 4.78 is 12.4. The zero-order valence-corrected chi connectivity index (χ0v) is 20.8. The maximum absolute atomic E-state index is 13.3. The highest BCUT2D eigenvalue weighted by Gasteiger charge is 2.32. The molecule has 1 saturated carbocycles. The summed E-state index contributed by atoms with van der Waals surface area (Å²) >= 11 is 13.3. The minimum Gasteiger partial charge on any atom is -0.487 e. The van der Waals surface area contributed by atoms with E-state index in [1.807, 2.05) is 30.3 Å². The van der Waals surface area contributed by atoms with Crippen molar-refractivity contribution in [2.24, 2.45) is 0 Å². The number of hydrogen-bond donors (Lipinski definition) is 0. The van der Waals surface area contributed by atoms with Crippen LogP contribution in [0.25, 0.3) is 0 Å². The van der Waals surface area contributed by atoms with Gasteiger partial charge in [-0.1, -0.05) is 54.4 Å². The number of halogens is 2. The molecule has 1 aliphatic rings. The van der Waals surface area contributed by atoms with Gasteiger partial charge in [0.2, 0.25) is 0 Å². The Bertz CT molecular complexity index is 1250. The number of nitrogens with zero attached hydrogens (tertiary/aromatic N) is 1. The summed E-state index contributed by atoms with van der Waals surface area (Å²) in [4.78, 5) is 24.9. The van der Waals surface area contributed by atoms with E-state index in [-0.39, 0.29) is 29.1 Å². The Morgan fingerprint density at radius 1 is 1.06 bits per heavy atom. The van der Waals surface area contributed by atoms with Crippen molar-refractivity contribution in [3.63, 3.8) is 0 Å². The molecule has 0 aliphatic heterocycles. The van der Waals surface area contributed by atoms with Gasteiger partial charge in [0.05, 0.1) is 23.4 Å². The van der Waals surface area contributed by atoms with Gasteiger partial charge < -0.3 is 14.0 Å². The number of rotatable bonds is 9. The van der Waals surface area contributed by atoms with Crippen LogP contribution in [-0.2, 0) is 30.7 Å². The highest BCUT2D eigenvalue weighted by Crippen LogP contribution is 2.46. The Morgan fingerprint density at radius 3 is 2.44 bits per heavy atom. The SMILES string of the molecule is CCc1cccc(OCc2c(Cl)c(C3CC3)c(Cl)c(=O)n2CCc2ccc(C(=O)OC)cc2)c1. The molecule has 0 amide bonds. The van der Waals surface area contributed by atoms with Crippen molar-refractivity contribution < 1.29 is 14.3 Å². The molecule has 1 fully saturated rings. The number of carbonyl (C=O) groups is 1. The molecule has 0 saturated heterocycles. The van der Waals surface area contributed by atoms with E-state index in [0.29, 0.717) is 29.2 Å². The van der Waals surface area contributed by atoms with Crippen molar-refractivity contribution in [2.45, 2.75) is 51.7 Å². The van der Waals surface area contributed by atoms with E-state index in [1.165, 1.54) is 12.7 Å². The molecular weight excluding hydrogens is 473 g/mol. The Kier molecular flexibility index (Phi) is 7.64. The van der Waals surface area contributed by atoms with Gasteiger partial charge in [-0.3, -0.25) is 4.79 Å². The van der Waals surface area contributed by atoms with E-state index in [1.54, 1.807) is 16.7 Å². The molecule has 5 nitrogen and oxygen atoms in total. The molecule has 0 radical (unpaired) electrons. The highest BCUT2D eigenvalue weighted by molar-refractivity contribution is 6.36. The number of hydrogen-bond acceptors (Lipinski definition) is 4. The van der Waals surface area contributed by atoms with E-state index in [0.717, 1.165) is 36.1 Å². The van der Waals surface area contributed by atoms with Gasteiger partial charge in [0.15, 0.2) is 0 Å². The number of aryl methyl sites for hydroxylation is 2. The predicted octanol–water partition coefficient (Wildman–Crippen LogP) is 6.20. The lowest BCUT2D eigenvalue weighted by molar-refractivity contribution is 0.0600. The summed E-state index contributed by atoms with van der Waals surface area (Å²) in [7, 11) is 1.35. The summed E-state index contributed by atoms with van der Waals surface area (Å²) in [6.45, 7) is 2.64.